The van der Waals surface area contributed by atoms with Crippen LogP contribution in [-0.4, -0.2) is 17.7 Å². The Labute approximate surface area is 108 Å². The van der Waals surface area contributed by atoms with E-state index in [0.717, 1.165) is 18.2 Å². The first kappa shape index (κ1) is 14.3. The Kier molecular flexibility index (Phi) is 4.95. The maximum atomic E-state index is 10.3. The predicted octanol–water partition coefficient (Wildman–Crippen LogP) is 3.39. The van der Waals surface area contributed by atoms with Crippen LogP contribution in [-0.2, 0) is 10.2 Å². The Balaban J connectivity index is 2.58. The molecule has 0 heterocycles. The van der Waals surface area contributed by atoms with Crippen molar-refractivity contribution in [3.8, 4) is 5.75 Å². The number of benzene rings is 1. The van der Waals surface area contributed by atoms with Gasteiger partial charge in [-0.15, -0.1) is 0 Å². The maximum Gasteiger partial charge on any atom is 0.328 e. The molecule has 0 bridgehead atoms. The zero-order valence-electron chi connectivity index (χ0n) is 11.1. The van der Waals surface area contributed by atoms with Crippen LogP contribution in [0.3, 0.4) is 0 Å². The van der Waals surface area contributed by atoms with Gasteiger partial charge in [-0.1, -0.05) is 32.9 Å². The van der Waals surface area contributed by atoms with Gasteiger partial charge in [-0.25, -0.2) is 4.79 Å². The van der Waals surface area contributed by atoms with E-state index in [0.29, 0.717) is 0 Å². The van der Waals surface area contributed by atoms with E-state index in [4.69, 9.17) is 9.84 Å². The predicted molar refractivity (Wildman–Crippen MR) is 72.0 cm³/mol. The van der Waals surface area contributed by atoms with Gasteiger partial charge in [0.25, 0.3) is 0 Å². The van der Waals surface area contributed by atoms with Crippen molar-refractivity contribution in [2.45, 2.75) is 32.6 Å². The molecule has 0 aliphatic carbocycles. The minimum absolute atomic E-state index is 0.168. The largest absolute Gasteiger partial charge is 0.490 e. The van der Waals surface area contributed by atoms with E-state index in [-0.39, 0.29) is 12.0 Å². The molecule has 1 aromatic carbocycles. The number of carboxylic acids is 1. The Morgan fingerprint density at radius 1 is 1.33 bits per heavy atom. The molecule has 0 aromatic heterocycles. The summed E-state index contributed by atoms with van der Waals surface area (Å²) in [4.78, 5) is 10.3. The highest BCUT2D eigenvalue weighted by Gasteiger charge is 2.17. The van der Waals surface area contributed by atoms with Crippen molar-refractivity contribution in [1.29, 1.82) is 0 Å². The molecule has 18 heavy (non-hydrogen) atoms. The van der Waals surface area contributed by atoms with E-state index in [2.05, 4.69) is 32.9 Å². The van der Waals surface area contributed by atoms with E-state index >= 15 is 0 Å². The van der Waals surface area contributed by atoms with Crippen LogP contribution >= 0.6 is 0 Å². The van der Waals surface area contributed by atoms with Crippen molar-refractivity contribution in [1.82, 2.24) is 0 Å². The van der Waals surface area contributed by atoms with Crippen molar-refractivity contribution >= 4 is 5.97 Å². The van der Waals surface area contributed by atoms with Gasteiger partial charge in [0.1, 0.15) is 12.4 Å². The second-order valence-corrected chi connectivity index (χ2v) is 4.81. The molecule has 3 heteroatoms. The Bertz CT molecular complexity index is 416. The molecule has 0 atom stereocenters. The van der Waals surface area contributed by atoms with Gasteiger partial charge in [-0.05, 0) is 35.6 Å². The zero-order chi connectivity index (χ0) is 13.6. The molecule has 98 valence electrons. The molecule has 1 N–H and O–H groups in total. The summed E-state index contributed by atoms with van der Waals surface area (Å²) < 4.78 is 5.41. The molecule has 0 spiro atoms. The van der Waals surface area contributed by atoms with Gasteiger partial charge in [0.05, 0.1) is 0 Å². The third kappa shape index (κ3) is 4.24. The van der Waals surface area contributed by atoms with E-state index in [9.17, 15) is 4.79 Å². The van der Waals surface area contributed by atoms with Crippen LogP contribution < -0.4 is 4.74 Å². The first-order valence-electron chi connectivity index (χ1n) is 6.08. The minimum Gasteiger partial charge on any atom is -0.490 e. The number of ether oxygens (including phenoxy) is 1. The van der Waals surface area contributed by atoms with Gasteiger partial charge in [0.2, 0.25) is 0 Å². The number of hydrogen-bond acceptors (Lipinski definition) is 2. The molecule has 0 aliphatic rings. The molecule has 1 rings (SSSR count). The van der Waals surface area contributed by atoms with Crippen LogP contribution in [0.2, 0.25) is 0 Å². The molecule has 3 nitrogen and oxygen atoms in total. The van der Waals surface area contributed by atoms with Crippen molar-refractivity contribution < 1.29 is 14.6 Å². The van der Waals surface area contributed by atoms with Crippen molar-refractivity contribution in [3.63, 3.8) is 0 Å². The van der Waals surface area contributed by atoms with Gasteiger partial charge >= 0.3 is 5.97 Å². The lowest BCUT2D eigenvalue weighted by Crippen LogP contribution is -2.15. The quantitative estimate of drug-likeness (QED) is 0.785. The number of rotatable bonds is 6. The summed E-state index contributed by atoms with van der Waals surface area (Å²) in [6, 6.07) is 7.95. The minimum atomic E-state index is -0.960. The SMILES string of the molecule is CCC(C)(C)c1ccc(OC/C=C/C(=O)O)cc1. The molecule has 0 amide bonds. The highest BCUT2D eigenvalue weighted by atomic mass is 16.5. The maximum absolute atomic E-state index is 10.3. The number of hydrogen-bond donors (Lipinski definition) is 1. The van der Waals surface area contributed by atoms with Crippen LogP contribution in [0.5, 0.6) is 5.75 Å². The standard InChI is InChI=1S/C15H20O3/c1-4-15(2,3)12-7-9-13(10-8-12)18-11-5-6-14(16)17/h5-10H,4,11H2,1-3H3,(H,16,17)/b6-5+. The topological polar surface area (TPSA) is 46.5 Å². The van der Waals surface area contributed by atoms with E-state index in [1.807, 2.05) is 12.1 Å². The number of carbonyl (C=O) groups is 1. The molecular formula is C15H20O3. The zero-order valence-corrected chi connectivity index (χ0v) is 11.1. The van der Waals surface area contributed by atoms with Gasteiger partial charge in [-0.3, -0.25) is 0 Å². The summed E-state index contributed by atoms with van der Waals surface area (Å²) in [7, 11) is 0. The lowest BCUT2D eigenvalue weighted by Gasteiger charge is -2.23. The second-order valence-electron chi connectivity index (χ2n) is 4.81. The van der Waals surface area contributed by atoms with Gasteiger partial charge in [0.15, 0.2) is 0 Å². The Hall–Kier alpha value is -1.77. The average Bonchev–Trinajstić information content (AvgIpc) is 2.35. The summed E-state index contributed by atoms with van der Waals surface area (Å²) >= 11 is 0. The number of aliphatic carboxylic acids is 1. The van der Waals surface area contributed by atoms with Gasteiger partial charge in [-0.2, -0.15) is 0 Å². The Morgan fingerprint density at radius 3 is 2.44 bits per heavy atom. The first-order valence-corrected chi connectivity index (χ1v) is 6.08. The molecule has 0 radical (unpaired) electrons. The molecule has 1 aromatic rings. The normalized spacial score (nSPS) is 11.7. The smallest absolute Gasteiger partial charge is 0.328 e. The van der Waals surface area contributed by atoms with Crippen molar-refractivity contribution in [2.24, 2.45) is 0 Å². The summed E-state index contributed by atoms with van der Waals surface area (Å²) in [6.07, 6.45) is 3.63. The third-order valence-corrected chi connectivity index (χ3v) is 3.13. The molecular weight excluding hydrogens is 228 g/mol. The highest BCUT2D eigenvalue weighted by Crippen LogP contribution is 2.27. The summed E-state index contributed by atoms with van der Waals surface area (Å²) in [6.45, 7) is 6.85. The van der Waals surface area contributed by atoms with Crippen LogP contribution in [0.25, 0.3) is 0 Å². The van der Waals surface area contributed by atoms with Crippen LogP contribution in [0.4, 0.5) is 0 Å². The average molecular weight is 248 g/mol. The fourth-order valence-corrected chi connectivity index (χ4v) is 1.50. The summed E-state index contributed by atoms with van der Waals surface area (Å²) in [5, 5.41) is 8.42. The van der Waals surface area contributed by atoms with E-state index < -0.39 is 5.97 Å². The summed E-state index contributed by atoms with van der Waals surface area (Å²) in [5.74, 6) is -0.209. The van der Waals surface area contributed by atoms with Crippen LogP contribution in [0, 0.1) is 0 Å². The fraction of sp³-hybridized carbons (Fsp3) is 0.400. The third-order valence-electron chi connectivity index (χ3n) is 3.13. The van der Waals surface area contributed by atoms with Gasteiger partial charge in [0, 0.05) is 6.08 Å². The molecule has 0 saturated heterocycles. The molecule has 0 unspecified atom stereocenters. The van der Waals surface area contributed by atoms with Crippen molar-refractivity contribution in [2.75, 3.05) is 6.61 Å². The fourth-order valence-electron chi connectivity index (χ4n) is 1.50. The first-order chi connectivity index (χ1) is 8.45. The van der Waals surface area contributed by atoms with Gasteiger partial charge < -0.3 is 9.84 Å². The number of carboxylic acid groups (broad SMARTS) is 1. The lowest BCUT2D eigenvalue weighted by molar-refractivity contribution is -0.131. The Morgan fingerprint density at radius 2 is 1.94 bits per heavy atom. The van der Waals surface area contributed by atoms with E-state index in [1.165, 1.54) is 11.6 Å². The summed E-state index contributed by atoms with van der Waals surface area (Å²) in [5.41, 5.74) is 1.44. The molecule has 0 saturated carbocycles. The lowest BCUT2D eigenvalue weighted by atomic mass is 9.82. The molecule has 0 aliphatic heterocycles. The monoisotopic (exact) mass is 248 g/mol. The van der Waals surface area contributed by atoms with E-state index in [1.54, 1.807) is 0 Å². The second kappa shape index (κ2) is 6.24. The highest BCUT2D eigenvalue weighted by molar-refractivity contribution is 5.79. The van der Waals surface area contributed by atoms with Crippen molar-refractivity contribution in [3.05, 3.63) is 42.0 Å². The molecule has 0 fully saturated rings. The van der Waals surface area contributed by atoms with Crippen LogP contribution in [0.1, 0.15) is 32.8 Å². The van der Waals surface area contributed by atoms with Crippen LogP contribution in [0.15, 0.2) is 36.4 Å².